The summed E-state index contributed by atoms with van der Waals surface area (Å²) in [6.07, 6.45) is 1.34. The SMILES string of the molecule is CC1=NN(CCCC(=O)O)C(=O)/C1=N\Nc1cccc(CCc2ccccc2C#N)c1O. The number of carbonyl (C=O) groups excluding carboxylic acids is 1. The largest absolute Gasteiger partial charge is 0.505 e. The molecule has 3 rings (SSSR count). The van der Waals surface area contributed by atoms with Crippen LogP contribution >= 0.6 is 0 Å². The average molecular weight is 433 g/mol. The van der Waals surface area contributed by atoms with Gasteiger partial charge in [-0.3, -0.25) is 15.0 Å². The van der Waals surface area contributed by atoms with Gasteiger partial charge in [-0.15, -0.1) is 0 Å². The van der Waals surface area contributed by atoms with Gasteiger partial charge in [0.15, 0.2) is 5.71 Å². The third-order valence-corrected chi connectivity index (χ3v) is 5.02. The Morgan fingerprint density at radius 3 is 2.66 bits per heavy atom. The Bertz CT molecular complexity index is 1130. The number of nitrogens with one attached hydrogen (secondary N) is 1. The number of anilines is 1. The predicted octanol–water partition coefficient (Wildman–Crippen LogP) is 2.90. The van der Waals surface area contributed by atoms with Crippen LogP contribution in [-0.4, -0.2) is 45.1 Å². The summed E-state index contributed by atoms with van der Waals surface area (Å²) >= 11 is 0. The molecule has 0 saturated heterocycles. The van der Waals surface area contributed by atoms with Gasteiger partial charge in [-0.1, -0.05) is 30.3 Å². The van der Waals surface area contributed by atoms with Crippen molar-refractivity contribution in [2.24, 2.45) is 10.2 Å². The Morgan fingerprint density at radius 1 is 1.19 bits per heavy atom. The minimum Gasteiger partial charge on any atom is -0.505 e. The van der Waals surface area contributed by atoms with Crippen molar-refractivity contribution in [3.63, 3.8) is 0 Å². The topological polar surface area (TPSA) is 138 Å². The number of phenols is 1. The fourth-order valence-corrected chi connectivity index (χ4v) is 3.33. The zero-order valence-electron chi connectivity index (χ0n) is 17.6. The van der Waals surface area contributed by atoms with Crippen molar-refractivity contribution >= 4 is 29.0 Å². The van der Waals surface area contributed by atoms with E-state index in [0.717, 1.165) is 5.56 Å². The summed E-state index contributed by atoms with van der Waals surface area (Å²) in [6.45, 7) is 1.82. The number of amides is 1. The Morgan fingerprint density at radius 2 is 1.91 bits per heavy atom. The van der Waals surface area contributed by atoms with E-state index in [1.807, 2.05) is 18.2 Å². The maximum absolute atomic E-state index is 12.5. The molecule has 2 aromatic carbocycles. The van der Waals surface area contributed by atoms with Crippen molar-refractivity contribution in [3.8, 4) is 11.8 Å². The lowest BCUT2D eigenvalue weighted by molar-refractivity contribution is -0.137. The standard InChI is InChI=1S/C23H23N5O4/c1-15-21(23(32)28(27-15)13-5-10-20(29)30)26-25-19-9-4-8-17(22(19)31)12-11-16-6-2-3-7-18(16)14-24/h2-4,6-9,25,31H,5,10-13H2,1H3,(H,29,30)/b26-21-. The third-order valence-electron chi connectivity index (χ3n) is 5.02. The van der Waals surface area contributed by atoms with Crippen LogP contribution < -0.4 is 5.43 Å². The number of rotatable bonds is 9. The lowest BCUT2D eigenvalue weighted by Gasteiger charge is -2.11. The summed E-state index contributed by atoms with van der Waals surface area (Å²) in [5.74, 6) is -1.34. The number of nitrogens with zero attached hydrogens (tertiary/aromatic N) is 4. The van der Waals surface area contributed by atoms with E-state index in [1.54, 1.807) is 31.2 Å². The van der Waals surface area contributed by atoms with Gasteiger partial charge in [0.05, 0.1) is 23.0 Å². The highest BCUT2D eigenvalue weighted by atomic mass is 16.4. The second-order valence-electron chi connectivity index (χ2n) is 7.27. The van der Waals surface area contributed by atoms with Crippen molar-refractivity contribution in [1.29, 1.82) is 5.26 Å². The Hall–Kier alpha value is -4.19. The molecule has 1 aliphatic heterocycles. The fraction of sp³-hybridized carbons (Fsp3) is 0.261. The van der Waals surface area contributed by atoms with Gasteiger partial charge < -0.3 is 10.2 Å². The summed E-state index contributed by atoms with van der Waals surface area (Å²) in [5, 5.41) is 38.1. The van der Waals surface area contributed by atoms with Crippen molar-refractivity contribution in [3.05, 3.63) is 59.2 Å². The minimum atomic E-state index is -0.931. The molecule has 9 nitrogen and oxygen atoms in total. The first-order chi connectivity index (χ1) is 15.4. The van der Waals surface area contributed by atoms with E-state index in [-0.39, 0.29) is 30.8 Å². The average Bonchev–Trinajstić information content (AvgIpc) is 3.04. The maximum atomic E-state index is 12.5. The van der Waals surface area contributed by atoms with Gasteiger partial charge in [0.25, 0.3) is 5.91 Å². The molecular formula is C23H23N5O4. The van der Waals surface area contributed by atoms with Crippen LogP contribution in [0.5, 0.6) is 5.75 Å². The monoisotopic (exact) mass is 433 g/mol. The van der Waals surface area contributed by atoms with Crippen LogP contribution in [0, 0.1) is 11.3 Å². The molecule has 3 N–H and O–H groups in total. The van der Waals surface area contributed by atoms with Gasteiger partial charge in [-0.05, 0) is 49.4 Å². The molecule has 32 heavy (non-hydrogen) atoms. The number of hydrazone groups is 2. The molecule has 1 heterocycles. The molecule has 1 amide bonds. The van der Waals surface area contributed by atoms with Crippen LogP contribution in [0.2, 0.25) is 0 Å². The number of carboxylic acid groups (broad SMARTS) is 1. The van der Waals surface area contributed by atoms with Crippen LogP contribution in [0.4, 0.5) is 5.69 Å². The second kappa shape index (κ2) is 10.2. The molecule has 164 valence electrons. The number of aryl methyl sites for hydroxylation is 2. The number of benzene rings is 2. The first-order valence-electron chi connectivity index (χ1n) is 10.1. The van der Waals surface area contributed by atoms with E-state index < -0.39 is 11.9 Å². The molecule has 0 aliphatic carbocycles. The van der Waals surface area contributed by atoms with E-state index in [4.69, 9.17) is 5.11 Å². The number of phenolic OH excluding ortho intramolecular Hbond substituents is 1. The lowest BCUT2D eigenvalue weighted by Crippen LogP contribution is -2.29. The van der Waals surface area contributed by atoms with Gasteiger partial charge in [-0.2, -0.15) is 15.5 Å². The molecular weight excluding hydrogens is 410 g/mol. The number of aliphatic carboxylic acids is 1. The van der Waals surface area contributed by atoms with Crippen molar-refractivity contribution in [2.75, 3.05) is 12.0 Å². The number of carboxylic acids is 1. The number of hydrogen-bond acceptors (Lipinski definition) is 7. The zero-order chi connectivity index (χ0) is 23.1. The summed E-state index contributed by atoms with van der Waals surface area (Å²) < 4.78 is 0. The maximum Gasteiger partial charge on any atom is 0.303 e. The van der Waals surface area contributed by atoms with Crippen LogP contribution in [0.3, 0.4) is 0 Å². The quantitative estimate of drug-likeness (QED) is 0.411. The number of para-hydroxylation sites is 1. The Kier molecular flexibility index (Phi) is 7.18. The molecule has 0 aromatic heterocycles. The first-order valence-corrected chi connectivity index (χ1v) is 10.1. The number of hydrogen-bond donors (Lipinski definition) is 3. The predicted molar refractivity (Wildman–Crippen MR) is 119 cm³/mol. The van der Waals surface area contributed by atoms with Crippen molar-refractivity contribution < 1.29 is 19.8 Å². The van der Waals surface area contributed by atoms with Gasteiger partial charge >= 0.3 is 5.97 Å². The number of aromatic hydroxyl groups is 1. The molecule has 0 fully saturated rings. The van der Waals surface area contributed by atoms with E-state index >= 15 is 0 Å². The zero-order valence-corrected chi connectivity index (χ0v) is 17.6. The molecule has 2 aromatic rings. The molecule has 0 unspecified atom stereocenters. The Labute approximate surface area is 185 Å². The summed E-state index contributed by atoms with van der Waals surface area (Å²) in [4.78, 5) is 23.1. The van der Waals surface area contributed by atoms with Crippen LogP contribution in [-0.2, 0) is 22.4 Å². The summed E-state index contributed by atoms with van der Waals surface area (Å²) in [7, 11) is 0. The molecule has 9 heteroatoms. The normalized spacial score (nSPS) is 14.4. The highest BCUT2D eigenvalue weighted by Gasteiger charge is 2.29. The van der Waals surface area contributed by atoms with Gasteiger partial charge in [0, 0.05) is 13.0 Å². The van der Waals surface area contributed by atoms with Crippen molar-refractivity contribution in [1.82, 2.24) is 5.01 Å². The molecule has 0 spiro atoms. The molecule has 0 bridgehead atoms. The fourth-order valence-electron chi connectivity index (χ4n) is 3.33. The minimum absolute atomic E-state index is 0.0182. The van der Waals surface area contributed by atoms with E-state index in [1.165, 1.54) is 5.01 Å². The highest BCUT2D eigenvalue weighted by Crippen LogP contribution is 2.29. The Balaban J connectivity index is 1.67. The number of nitriles is 1. The summed E-state index contributed by atoms with van der Waals surface area (Å²) in [6, 6.07) is 14.7. The molecule has 0 atom stereocenters. The molecule has 0 saturated carbocycles. The van der Waals surface area contributed by atoms with Gasteiger partial charge in [0.1, 0.15) is 5.75 Å². The van der Waals surface area contributed by atoms with Crippen LogP contribution in [0.1, 0.15) is 36.5 Å². The smallest absolute Gasteiger partial charge is 0.303 e. The van der Waals surface area contributed by atoms with Crippen LogP contribution in [0.15, 0.2) is 52.7 Å². The lowest BCUT2D eigenvalue weighted by atomic mass is 9.99. The van der Waals surface area contributed by atoms with Gasteiger partial charge in [-0.25, -0.2) is 5.01 Å². The van der Waals surface area contributed by atoms with E-state index in [2.05, 4.69) is 21.7 Å². The second-order valence-corrected chi connectivity index (χ2v) is 7.27. The van der Waals surface area contributed by atoms with Crippen molar-refractivity contribution in [2.45, 2.75) is 32.6 Å². The van der Waals surface area contributed by atoms with Gasteiger partial charge in [0.2, 0.25) is 0 Å². The molecule has 1 aliphatic rings. The van der Waals surface area contributed by atoms with E-state index in [9.17, 15) is 20.0 Å². The highest BCUT2D eigenvalue weighted by molar-refractivity contribution is 6.68. The molecule has 0 radical (unpaired) electrons. The summed E-state index contributed by atoms with van der Waals surface area (Å²) in [5.41, 5.74) is 5.78. The van der Waals surface area contributed by atoms with Crippen LogP contribution in [0.25, 0.3) is 0 Å². The third kappa shape index (κ3) is 5.29. The number of carbonyl (C=O) groups is 2. The van der Waals surface area contributed by atoms with E-state index in [0.29, 0.717) is 35.4 Å². The first kappa shape index (κ1) is 22.5.